The minimum atomic E-state index is -0.437. The number of nitrogens with zero attached hydrogens (tertiary/aromatic N) is 2. The maximum Gasteiger partial charge on any atom is 0.226 e. The fourth-order valence-electron chi connectivity index (χ4n) is 2.42. The Hall–Kier alpha value is -1.95. The van der Waals surface area contributed by atoms with Gasteiger partial charge in [0.05, 0.1) is 18.6 Å². The van der Waals surface area contributed by atoms with Crippen LogP contribution >= 0.6 is 0 Å². The number of nitrogens with one attached hydrogen (secondary N) is 1. The third-order valence-corrected chi connectivity index (χ3v) is 3.36. The number of carbonyl (C=O) groups excluding carboxylic acids is 2. The van der Waals surface area contributed by atoms with E-state index in [1.54, 1.807) is 30.4 Å². The van der Waals surface area contributed by atoms with E-state index in [9.17, 15) is 9.59 Å². The summed E-state index contributed by atoms with van der Waals surface area (Å²) in [6, 6.07) is 3.35. The first-order valence-electron chi connectivity index (χ1n) is 6.19. The lowest BCUT2D eigenvalue weighted by molar-refractivity contribution is -0.128. The molecule has 2 rings (SSSR count). The van der Waals surface area contributed by atoms with Gasteiger partial charge in [0.1, 0.15) is 0 Å². The lowest BCUT2D eigenvalue weighted by Crippen LogP contribution is -2.35. The Kier molecular flexibility index (Phi) is 4.11. The Bertz CT molecular complexity index is 463. The highest BCUT2D eigenvalue weighted by atomic mass is 16.3. The fourth-order valence-corrected chi connectivity index (χ4v) is 2.42. The topological polar surface area (TPSA) is 82.5 Å². The molecular weight excluding hydrogens is 246 g/mol. The van der Waals surface area contributed by atoms with Crippen molar-refractivity contribution in [3.8, 4) is 0 Å². The van der Waals surface area contributed by atoms with Gasteiger partial charge in [-0.15, -0.1) is 0 Å². The van der Waals surface area contributed by atoms with Crippen molar-refractivity contribution in [2.45, 2.75) is 12.5 Å². The highest BCUT2D eigenvalue weighted by Crippen LogP contribution is 2.36. The summed E-state index contributed by atoms with van der Waals surface area (Å²) in [6.07, 6.45) is 3.51. The molecule has 0 spiro atoms. The molecule has 1 aromatic heterocycles. The van der Waals surface area contributed by atoms with Crippen molar-refractivity contribution in [3.63, 3.8) is 0 Å². The predicted octanol–water partition coefficient (Wildman–Crippen LogP) is -0.290. The molecule has 1 aromatic rings. The molecule has 6 heteroatoms. The number of amides is 2. The van der Waals surface area contributed by atoms with Gasteiger partial charge < -0.3 is 15.3 Å². The molecule has 1 aliphatic heterocycles. The molecule has 0 aliphatic carbocycles. The van der Waals surface area contributed by atoms with Gasteiger partial charge >= 0.3 is 0 Å². The van der Waals surface area contributed by atoms with E-state index in [0.29, 0.717) is 0 Å². The molecule has 19 heavy (non-hydrogen) atoms. The molecule has 2 heterocycles. The molecule has 2 unspecified atom stereocenters. The number of carbonyl (C=O) groups is 2. The van der Waals surface area contributed by atoms with Crippen molar-refractivity contribution in [3.05, 3.63) is 30.1 Å². The first-order chi connectivity index (χ1) is 9.15. The minimum Gasteiger partial charge on any atom is -0.395 e. The number of hydrogen-bond acceptors (Lipinski definition) is 4. The van der Waals surface area contributed by atoms with Crippen LogP contribution in [0, 0.1) is 5.92 Å². The van der Waals surface area contributed by atoms with E-state index in [1.165, 1.54) is 0 Å². The van der Waals surface area contributed by atoms with E-state index in [0.717, 1.165) is 5.56 Å². The molecule has 0 bridgehead atoms. The van der Waals surface area contributed by atoms with Gasteiger partial charge in [-0.1, -0.05) is 6.07 Å². The van der Waals surface area contributed by atoms with Crippen LogP contribution in [0.5, 0.6) is 0 Å². The van der Waals surface area contributed by atoms with Gasteiger partial charge in [0, 0.05) is 32.4 Å². The van der Waals surface area contributed by atoms with Gasteiger partial charge in [0.25, 0.3) is 0 Å². The lowest BCUT2D eigenvalue weighted by atomic mass is 9.94. The number of hydrogen-bond donors (Lipinski definition) is 2. The van der Waals surface area contributed by atoms with E-state index in [1.807, 2.05) is 6.07 Å². The number of pyridine rings is 1. The zero-order chi connectivity index (χ0) is 13.8. The molecule has 1 saturated heterocycles. The smallest absolute Gasteiger partial charge is 0.226 e. The van der Waals surface area contributed by atoms with Crippen LogP contribution in [0.25, 0.3) is 0 Å². The minimum absolute atomic E-state index is 0.0574. The van der Waals surface area contributed by atoms with Crippen molar-refractivity contribution in [2.24, 2.45) is 5.92 Å². The fraction of sp³-hybridized carbons (Fsp3) is 0.462. The third kappa shape index (κ3) is 2.73. The quantitative estimate of drug-likeness (QED) is 0.782. The summed E-state index contributed by atoms with van der Waals surface area (Å²) in [7, 11) is 1.69. The largest absolute Gasteiger partial charge is 0.395 e. The van der Waals surface area contributed by atoms with Crippen LogP contribution in [0.2, 0.25) is 0 Å². The van der Waals surface area contributed by atoms with E-state index < -0.39 is 5.92 Å². The molecule has 0 radical (unpaired) electrons. The first kappa shape index (κ1) is 13.5. The summed E-state index contributed by atoms with van der Waals surface area (Å²) >= 11 is 0. The molecule has 2 N–H and O–H groups in total. The monoisotopic (exact) mass is 263 g/mol. The Labute approximate surface area is 111 Å². The summed E-state index contributed by atoms with van der Waals surface area (Å²) in [5.74, 6) is -0.702. The highest BCUT2D eigenvalue weighted by Gasteiger charge is 2.42. The van der Waals surface area contributed by atoms with Crippen LogP contribution in [-0.4, -0.2) is 47.0 Å². The van der Waals surface area contributed by atoms with Gasteiger partial charge in [0.2, 0.25) is 11.8 Å². The SMILES string of the molecule is CN1C(=O)CC(C(=O)NCCO)C1c1cccnc1. The summed E-state index contributed by atoms with van der Waals surface area (Å²) < 4.78 is 0. The Morgan fingerprint density at radius 2 is 2.42 bits per heavy atom. The zero-order valence-electron chi connectivity index (χ0n) is 10.7. The summed E-state index contributed by atoms with van der Waals surface area (Å²) in [5, 5.41) is 11.4. The maximum absolute atomic E-state index is 12.1. The first-order valence-corrected chi connectivity index (χ1v) is 6.19. The summed E-state index contributed by atoms with van der Waals surface area (Å²) in [5.41, 5.74) is 0.847. The standard InChI is InChI=1S/C13H17N3O3/c1-16-11(18)7-10(13(19)15-5-6-17)12(16)9-3-2-4-14-8-9/h2-4,8,10,12,17H,5-7H2,1H3,(H,15,19). The normalized spacial score (nSPS) is 22.6. The number of aromatic nitrogens is 1. The molecule has 2 atom stereocenters. The van der Waals surface area contributed by atoms with Gasteiger partial charge in [-0.3, -0.25) is 14.6 Å². The van der Waals surface area contributed by atoms with Crippen molar-refractivity contribution in [1.82, 2.24) is 15.2 Å². The molecule has 0 aromatic carbocycles. The van der Waals surface area contributed by atoms with E-state index in [-0.39, 0.29) is 37.4 Å². The number of aliphatic hydroxyl groups is 1. The molecule has 6 nitrogen and oxygen atoms in total. The second-order valence-electron chi connectivity index (χ2n) is 4.56. The number of aliphatic hydroxyl groups excluding tert-OH is 1. The number of rotatable bonds is 4. The zero-order valence-corrected chi connectivity index (χ0v) is 10.7. The van der Waals surface area contributed by atoms with Gasteiger partial charge in [-0.25, -0.2) is 0 Å². The van der Waals surface area contributed by atoms with Gasteiger partial charge in [0.15, 0.2) is 0 Å². The predicted molar refractivity (Wildman–Crippen MR) is 68.0 cm³/mol. The van der Waals surface area contributed by atoms with Crippen molar-refractivity contribution in [1.29, 1.82) is 0 Å². The van der Waals surface area contributed by atoms with Crippen molar-refractivity contribution >= 4 is 11.8 Å². The summed E-state index contributed by atoms with van der Waals surface area (Å²) in [6.45, 7) is 0.0901. The Balaban J connectivity index is 2.22. The number of likely N-dealkylation sites (tertiary alicyclic amines) is 1. The molecule has 0 saturated carbocycles. The van der Waals surface area contributed by atoms with Gasteiger partial charge in [-0.05, 0) is 11.6 Å². The molecule has 1 aliphatic rings. The maximum atomic E-state index is 12.1. The molecular formula is C13H17N3O3. The van der Waals surface area contributed by atoms with Crippen molar-refractivity contribution in [2.75, 3.05) is 20.2 Å². The molecule has 102 valence electrons. The van der Waals surface area contributed by atoms with E-state index >= 15 is 0 Å². The highest BCUT2D eigenvalue weighted by molar-refractivity contribution is 5.90. The average Bonchev–Trinajstić information content (AvgIpc) is 2.73. The van der Waals surface area contributed by atoms with Crippen LogP contribution in [0.1, 0.15) is 18.0 Å². The Morgan fingerprint density at radius 3 is 3.05 bits per heavy atom. The lowest BCUT2D eigenvalue weighted by Gasteiger charge is -2.24. The third-order valence-electron chi connectivity index (χ3n) is 3.36. The second-order valence-corrected chi connectivity index (χ2v) is 4.56. The summed E-state index contributed by atoms with van der Waals surface area (Å²) in [4.78, 5) is 29.5. The van der Waals surface area contributed by atoms with Crippen molar-refractivity contribution < 1.29 is 14.7 Å². The van der Waals surface area contributed by atoms with Crippen LogP contribution in [0.4, 0.5) is 0 Å². The van der Waals surface area contributed by atoms with E-state index in [4.69, 9.17) is 5.11 Å². The van der Waals surface area contributed by atoms with Crippen LogP contribution < -0.4 is 5.32 Å². The average molecular weight is 263 g/mol. The van der Waals surface area contributed by atoms with Crippen LogP contribution in [-0.2, 0) is 9.59 Å². The molecule has 1 fully saturated rings. The second kappa shape index (κ2) is 5.79. The van der Waals surface area contributed by atoms with Crippen LogP contribution in [0.3, 0.4) is 0 Å². The van der Waals surface area contributed by atoms with E-state index in [2.05, 4.69) is 10.3 Å². The molecule has 2 amide bonds. The van der Waals surface area contributed by atoms with Gasteiger partial charge in [-0.2, -0.15) is 0 Å². The van der Waals surface area contributed by atoms with Crippen LogP contribution in [0.15, 0.2) is 24.5 Å². The Morgan fingerprint density at radius 1 is 1.63 bits per heavy atom.